The van der Waals surface area contributed by atoms with Gasteiger partial charge in [0.25, 0.3) is 0 Å². The van der Waals surface area contributed by atoms with Crippen molar-refractivity contribution < 1.29 is 4.74 Å². The molecule has 1 aliphatic rings. The molecule has 4 rings (SSSR count). The van der Waals surface area contributed by atoms with Crippen LogP contribution in [-0.2, 0) is 4.74 Å². The summed E-state index contributed by atoms with van der Waals surface area (Å²) in [5.74, 6) is 1.05. The number of morpholine rings is 1. The van der Waals surface area contributed by atoms with Crippen molar-refractivity contribution in [1.82, 2.24) is 4.98 Å². The number of hydrogen-bond donors (Lipinski definition) is 0. The monoisotopic (exact) mass is 318 g/mol. The summed E-state index contributed by atoms with van der Waals surface area (Å²) in [5, 5.41) is 2.45. The molecule has 1 aromatic heterocycles. The molecule has 0 aliphatic carbocycles. The molecule has 0 N–H and O–H groups in total. The van der Waals surface area contributed by atoms with E-state index in [2.05, 4.69) is 67.3 Å². The van der Waals surface area contributed by atoms with Crippen molar-refractivity contribution in [1.29, 1.82) is 0 Å². The van der Waals surface area contributed by atoms with E-state index >= 15 is 0 Å². The van der Waals surface area contributed by atoms with Gasteiger partial charge in [0.2, 0.25) is 0 Å². The van der Waals surface area contributed by atoms with E-state index < -0.39 is 0 Å². The molecule has 3 aromatic rings. The van der Waals surface area contributed by atoms with Crippen LogP contribution in [-0.4, -0.2) is 31.3 Å². The van der Waals surface area contributed by atoms with Gasteiger partial charge in [-0.1, -0.05) is 42.5 Å². The second-order valence-electron chi connectivity index (χ2n) is 6.40. The van der Waals surface area contributed by atoms with Crippen LogP contribution in [0.1, 0.15) is 11.1 Å². The van der Waals surface area contributed by atoms with Crippen molar-refractivity contribution in [3.8, 4) is 11.3 Å². The molecule has 0 amide bonds. The summed E-state index contributed by atoms with van der Waals surface area (Å²) in [6.07, 6.45) is 0. The van der Waals surface area contributed by atoms with Gasteiger partial charge in [-0.05, 0) is 36.4 Å². The minimum atomic E-state index is 0.771. The Kier molecular flexibility index (Phi) is 3.95. The van der Waals surface area contributed by atoms with Crippen LogP contribution in [0, 0.1) is 13.8 Å². The Morgan fingerprint density at radius 3 is 2.58 bits per heavy atom. The third kappa shape index (κ3) is 2.65. The minimum absolute atomic E-state index is 0.771. The summed E-state index contributed by atoms with van der Waals surface area (Å²) in [5.41, 5.74) is 4.90. The van der Waals surface area contributed by atoms with Crippen molar-refractivity contribution in [3.05, 3.63) is 59.7 Å². The number of pyridine rings is 1. The maximum Gasteiger partial charge on any atom is 0.130 e. The van der Waals surface area contributed by atoms with Gasteiger partial charge in [0, 0.05) is 24.0 Å². The summed E-state index contributed by atoms with van der Waals surface area (Å²) in [7, 11) is 0. The Hall–Kier alpha value is -2.39. The zero-order chi connectivity index (χ0) is 16.5. The molecule has 0 spiro atoms. The van der Waals surface area contributed by atoms with Crippen molar-refractivity contribution >= 4 is 16.6 Å². The number of benzene rings is 2. The number of aromatic nitrogens is 1. The first kappa shape index (κ1) is 15.2. The number of anilines is 1. The van der Waals surface area contributed by atoms with E-state index in [1.54, 1.807) is 0 Å². The Morgan fingerprint density at radius 2 is 1.75 bits per heavy atom. The van der Waals surface area contributed by atoms with Crippen LogP contribution in [0.2, 0.25) is 0 Å². The molecule has 1 saturated heterocycles. The van der Waals surface area contributed by atoms with E-state index in [4.69, 9.17) is 9.72 Å². The quantitative estimate of drug-likeness (QED) is 0.702. The third-order valence-corrected chi connectivity index (χ3v) is 4.92. The molecule has 0 unspecified atom stereocenters. The predicted octanol–water partition coefficient (Wildman–Crippen LogP) is 4.36. The first-order valence-electron chi connectivity index (χ1n) is 8.53. The van der Waals surface area contributed by atoms with Crippen LogP contribution in [0.4, 0.5) is 5.82 Å². The average molecular weight is 318 g/mol. The Balaban J connectivity index is 1.94. The van der Waals surface area contributed by atoms with Crippen LogP contribution in [0.5, 0.6) is 0 Å². The van der Waals surface area contributed by atoms with Gasteiger partial charge in [0.15, 0.2) is 0 Å². The number of hydrogen-bond acceptors (Lipinski definition) is 3. The first-order valence-corrected chi connectivity index (χ1v) is 8.53. The second kappa shape index (κ2) is 6.25. The summed E-state index contributed by atoms with van der Waals surface area (Å²) in [6, 6.07) is 17.2. The maximum absolute atomic E-state index is 5.49. The lowest BCUT2D eigenvalue weighted by molar-refractivity contribution is 0.122. The van der Waals surface area contributed by atoms with Gasteiger partial charge in [0.05, 0.1) is 18.9 Å². The molecule has 1 fully saturated rings. The van der Waals surface area contributed by atoms with E-state index in [1.807, 2.05) is 0 Å². The first-order chi connectivity index (χ1) is 11.7. The van der Waals surface area contributed by atoms with E-state index in [1.165, 1.54) is 27.5 Å². The average Bonchev–Trinajstić information content (AvgIpc) is 2.64. The van der Waals surface area contributed by atoms with Gasteiger partial charge >= 0.3 is 0 Å². The molecule has 122 valence electrons. The Bertz CT molecular complexity index is 882. The van der Waals surface area contributed by atoms with Crippen molar-refractivity contribution in [3.63, 3.8) is 0 Å². The predicted molar refractivity (Wildman–Crippen MR) is 99.7 cm³/mol. The van der Waals surface area contributed by atoms with Crippen molar-refractivity contribution in [2.45, 2.75) is 13.8 Å². The normalized spacial score (nSPS) is 15.0. The van der Waals surface area contributed by atoms with Gasteiger partial charge in [0.1, 0.15) is 5.82 Å². The summed E-state index contributed by atoms with van der Waals surface area (Å²) >= 11 is 0. The van der Waals surface area contributed by atoms with Gasteiger partial charge in [-0.3, -0.25) is 0 Å². The fourth-order valence-electron chi connectivity index (χ4n) is 3.35. The van der Waals surface area contributed by atoms with Crippen LogP contribution in [0.25, 0.3) is 22.0 Å². The van der Waals surface area contributed by atoms with Crippen LogP contribution < -0.4 is 4.90 Å². The lowest BCUT2D eigenvalue weighted by Crippen LogP contribution is -2.36. The molecular weight excluding hydrogens is 296 g/mol. The molecule has 3 heteroatoms. The number of aryl methyl sites for hydroxylation is 1. The fraction of sp³-hybridized carbons (Fsp3) is 0.286. The van der Waals surface area contributed by atoms with Gasteiger partial charge in [-0.25, -0.2) is 4.98 Å². The highest BCUT2D eigenvalue weighted by molar-refractivity contribution is 5.97. The molecule has 1 aliphatic heterocycles. The van der Waals surface area contributed by atoms with E-state index in [0.29, 0.717) is 0 Å². The van der Waals surface area contributed by atoms with Gasteiger partial charge < -0.3 is 9.64 Å². The molecular formula is C21H22N2O. The number of nitrogens with zero attached hydrogens (tertiary/aromatic N) is 2. The lowest BCUT2D eigenvalue weighted by Gasteiger charge is -2.28. The number of rotatable bonds is 2. The smallest absolute Gasteiger partial charge is 0.130 e. The van der Waals surface area contributed by atoms with Gasteiger partial charge in [-0.15, -0.1) is 0 Å². The largest absolute Gasteiger partial charge is 0.378 e. The second-order valence-corrected chi connectivity index (χ2v) is 6.40. The SMILES string of the molecule is Cc1cccc(-c2nc(N3CCOCC3)cc3ccccc23)c1C. The van der Waals surface area contributed by atoms with Crippen LogP contribution in [0.3, 0.4) is 0 Å². The standard InChI is InChI=1S/C21H22N2O/c1-15-6-5-9-18(16(15)2)21-19-8-4-3-7-17(19)14-20(22-21)23-10-12-24-13-11-23/h3-9,14H,10-13H2,1-2H3. The van der Waals surface area contributed by atoms with E-state index in [0.717, 1.165) is 37.8 Å². The highest BCUT2D eigenvalue weighted by atomic mass is 16.5. The Morgan fingerprint density at radius 1 is 0.958 bits per heavy atom. The zero-order valence-electron chi connectivity index (χ0n) is 14.2. The highest BCUT2D eigenvalue weighted by Gasteiger charge is 2.16. The zero-order valence-corrected chi connectivity index (χ0v) is 14.2. The summed E-state index contributed by atoms with van der Waals surface area (Å²) in [4.78, 5) is 7.39. The molecule has 0 atom stereocenters. The topological polar surface area (TPSA) is 25.4 Å². The highest BCUT2D eigenvalue weighted by Crippen LogP contribution is 2.33. The van der Waals surface area contributed by atoms with Crippen LogP contribution in [0.15, 0.2) is 48.5 Å². The molecule has 24 heavy (non-hydrogen) atoms. The lowest BCUT2D eigenvalue weighted by atomic mass is 9.97. The van der Waals surface area contributed by atoms with E-state index in [9.17, 15) is 0 Å². The number of ether oxygens (including phenoxy) is 1. The van der Waals surface area contributed by atoms with Crippen molar-refractivity contribution in [2.24, 2.45) is 0 Å². The summed E-state index contributed by atoms with van der Waals surface area (Å²) in [6.45, 7) is 7.69. The minimum Gasteiger partial charge on any atom is -0.378 e. The fourth-order valence-corrected chi connectivity index (χ4v) is 3.35. The van der Waals surface area contributed by atoms with E-state index in [-0.39, 0.29) is 0 Å². The molecule has 3 nitrogen and oxygen atoms in total. The molecule has 0 bridgehead atoms. The number of fused-ring (bicyclic) bond motifs is 1. The molecule has 0 radical (unpaired) electrons. The van der Waals surface area contributed by atoms with Gasteiger partial charge in [-0.2, -0.15) is 0 Å². The molecule has 2 aromatic carbocycles. The Labute approximate surface area is 142 Å². The molecule has 2 heterocycles. The van der Waals surface area contributed by atoms with Crippen molar-refractivity contribution in [2.75, 3.05) is 31.2 Å². The summed E-state index contributed by atoms with van der Waals surface area (Å²) < 4.78 is 5.49. The van der Waals surface area contributed by atoms with Crippen LogP contribution >= 0.6 is 0 Å². The molecule has 0 saturated carbocycles. The maximum atomic E-state index is 5.49. The third-order valence-electron chi connectivity index (χ3n) is 4.92.